The van der Waals surface area contributed by atoms with E-state index in [0.29, 0.717) is 6.54 Å². The largest absolute Gasteiger partial charge is 0.270 e. The Balaban J connectivity index is 2.19. The van der Waals surface area contributed by atoms with Crippen molar-refractivity contribution in [3.63, 3.8) is 0 Å². The Kier molecular flexibility index (Phi) is 3.46. The van der Waals surface area contributed by atoms with E-state index in [1.165, 1.54) is 5.69 Å². The molecule has 2 rings (SSSR count). The fourth-order valence-electron chi connectivity index (χ4n) is 1.68. The second-order valence-electron chi connectivity index (χ2n) is 3.67. The zero-order valence-electron chi connectivity index (χ0n) is 9.79. The van der Waals surface area contributed by atoms with Crippen LogP contribution in [0, 0.1) is 6.92 Å². The van der Waals surface area contributed by atoms with Gasteiger partial charge in [-0.15, -0.1) is 0 Å². The first-order valence-corrected chi connectivity index (χ1v) is 5.77. The Bertz CT molecular complexity index is 562. The molecule has 0 amide bonds. The summed E-state index contributed by atoms with van der Waals surface area (Å²) in [7, 11) is 0. The maximum Gasteiger partial charge on any atom is 0.112 e. The number of thiocarbonyl (C=S) groups is 1. The zero-order valence-corrected chi connectivity index (χ0v) is 10.6. The molecule has 2 heterocycles. The summed E-state index contributed by atoms with van der Waals surface area (Å²) in [5, 5.41) is 10.8. The van der Waals surface area contributed by atoms with Crippen molar-refractivity contribution in [1.82, 2.24) is 19.6 Å². The highest BCUT2D eigenvalue weighted by Crippen LogP contribution is 2.12. The highest BCUT2D eigenvalue weighted by molar-refractivity contribution is 7.78. The maximum atomic E-state index is 4.55. The molecule has 2 aromatic heterocycles. The minimum absolute atomic E-state index is 0.693. The molecule has 0 atom stereocenters. The maximum absolute atomic E-state index is 4.55. The van der Waals surface area contributed by atoms with Crippen LogP contribution in [0.3, 0.4) is 0 Å². The molecule has 5 nitrogen and oxygen atoms in total. The molecule has 0 spiro atoms. The Labute approximate surface area is 105 Å². The number of hydrogen-bond donors (Lipinski definition) is 0. The molecular formula is C11H13N5S. The van der Waals surface area contributed by atoms with Gasteiger partial charge in [-0.1, -0.05) is 0 Å². The summed E-state index contributed by atoms with van der Waals surface area (Å²) in [5.41, 5.74) is 3.05. The van der Waals surface area contributed by atoms with Crippen LogP contribution in [0.4, 0.5) is 5.69 Å². The Morgan fingerprint density at radius 2 is 2.24 bits per heavy atom. The standard InChI is InChI=1S/C11H13N5S/c1-3-16-9(2)10(4-14-16)6-15-7-11(5-13-15)12-8-17/h4-5,7H,3,6H2,1-2H3. The van der Waals surface area contributed by atoms with Crippen molar-refractivity contribution >= 4 is 23.1 Å². The third kappa shape index (κ3) is 2.49. The van der Waals surface area contributed by atoms with E-state index in [1.54, 1.807) is 6.20 Å². The normalized spacial score (nSPS) is 10.2. The molecule has 0 aliphatic rings. The average Bonchev–Trinajstić information content (AvgIpc) is 2.89. The molecule has 0 radical (unpaired) electrons. The lowest BCUT2D eigenvalue weighted by atomic mass is 10.2. The zero-order chi connectivity index (χ0) is 12.3. The number of isothiocyanates is 1. The van der Waals surface area contributed by atoms with Crippen LogP contribution in [0.15, 0.2) is 23.6 Å². The van der Waals surface area contributed by atoms with Crippen molar-refractivity contribution in [2.45, 2.75) is 26.9 Å². The first-order chi connectivity index (χ1) is 8.24. The van der Waals surface area contributed by atoms with Crippen molar-refractivity contribution in [1.29, 1.82) is 0 Å². The first-order valence-electron chi connectivity index (χ1n) is 5.36. The van der Waals surface area contributed by atoms with Crippen molar-refractivity contribution < 1.29 is 0 Å². The molecule has 2 aromatic rings. The number of nitrogens with zero attached hydrogens (tertiary/aromatic N) is 5. The van der Waals surface area contributed by atoms with Gasteiger partial charge in [0.1, 0.15) is 5.69 Å². The number of aryl methyl sites for hydroxylation is 1. The molecular weight excluding hydrogens is 234 g/mol. The van der Waals surface area contributed by atoms with Gasteiger partial charge in [0, 0.05) is 17.8 Å². The van der Waals surface area contributed by atoms with Gasteiger partial charge < -0.3 is 0 Å². The van der Waals surface area contributed by atoms with Crippen LogP contribution in [0.2, 0.25) is 0 Å². The molecule has 0 N–H and O–H groups in total. The SMILES string of the molecule is CCn1ncc(Cn2cc(N=C=S)cn2)c1C. The smallest absolute Gasteiger partial charge is 0.112 e. The van der Waals surface area contributed by atoms with E-state index < -0.39 is 0 Å². The molecule has 0 aliphatic carbocycles. The van der Waals surface area contributed by atoms with Crippen LogP contribution < -0.4 is 0 Å². The predicted octanol–water partition coefficient (Wildman–Crippen LogP) is 2.19. The van der Waals surface area contributed by atoms with Gasteiger partial charge in [0.05, 0.1) is 30.3 Å². The number of aliphatic imine (C=N–C) groups is 1. The summed E-state index contributed by atoms with van der Waals surface area (Å²) >= 11 is 4.55. The van der Waals surface area contributed by atoms with Crippen LogP contribution in [-0.2, 0) is 13.1 Å². The van der Waals surface area contributed by atoms with Gasteiger partial charge >= 0.3 is 0 Å². The Morgan fingerprint density at radius 1 is 1.41 bits per heavy atom. The van der Waals surface area contributed by atoms with Gasteiger partial charge in [0.25, 0.3) is 0 Å². The molecule has 17 heavy (non-hydrogen) atoms. The molecule has 0 saturated heterocycles. The van der Waals surface area contributed by atoms with Crippen molar-refractivity contribution in [3.8, 4) is 0 Å². The average molecular weight is 247 g/mol. The van der Waals surface area contributed by atoms with E-state index >= 15 is 0 Å². The van der Waals surface area contributed by atoms with Crippen molar-refractivity contribution in [2.75, 3.05) is 0 Å². The molecule has 0 aromatic carbocycles. The van der Waals surface area contributed by atoms with Gasteiger partial charge in [0.15, 0.2) is 0 Å². The van der Waals surface area contributed by atoms with E-state index in [9.17, 15) is 0 Å². The van der Waals surface area contributed by atoms with Gasteiger partial charge in [-0.25, -0.2) is 0 Å². The lowest BCUT2D eigenvalue weighted by molar-refractivity contribution is 0.633. The van der Waals surface area contributed by atoms with Crippen LogP contribution >= 0.6 is 12.2 Å². The second kappa shape index (κ2) is 5.03. The van der Waals surface area contributed by atoms with E-state index in [1.807, 2.05) is 21.8 Å². The fraction of sp³-hybridized carbons (Fsp3) is 0.364. The third-order valence-electron chi connectivity index (χ3n) is 2.63. The van der Waals surface area contributed by atoms with E-state index in [0.717, 1.165) is 17.8 Å². The summed E-state index contributed by atoms with van der Waals surface area (Å²) in [6.45, 7) is 5.71. The number of hydrogen-bond acceptors (Lipinski definition) is 4. The second-order valence-corrected chi connectivity index (χ2v) is 3.85. The molecule has 0 saturated carbocycles. The molecule has 6 heteroatoms. The lowest BCUT2D eigenvalue weighted by Gasteiger charge is -2.02. The predicted molar refractivity (Wildman–Crippen MR) is 68.7 cm³/mol. The minimum Gasteiger partial charge on any atom is -0.270 e. The van der Waals surface area contributed by atoms with Gasteiger partial charge in [-0.05, 0) is 26.1 Å². The van der Waals surface area contributed by atoms with Gasteiger partial charge in [0.2, 0.25) is 0 Å². The van der Waals surface area contributed by atoms with Gasteiger partial charge in [-0.3, -0.25) is 9.36 Å². The topological polar surface area (TPSA) is 48.0 Å². The summed E-state index contributed by atoms with van der Waals surface area (Å²) in [6, 6.07) is 0. The van der Waals surface area contributed by atoms with E-state index in [4.69, 9.17) is 0 Å². The highest BCUT2D eigenvalue weighted by atomic mass is 32.1. The summed E-state index contributed by atoms with van der Waals surface area (Å²) in [4.78, 5) is 3.87. The minimum atomic E-state index is 0.693. The molecule has 88 valence electrons. The molecule has 0 fully saturated rings. The van der Waals surface area contributed by atoms with E-state index in [2.05, 4.69) is 46.4 Å². The number of aromatic nitrogens is 4. The third-order valence-corrected chi connectivity index (χ3v) is 2.72. The summed E-state index contributed by atoms with van der Waals surface area (Å²) in [6.07, 6.45) is 5.38. The van der Waals surface area contributed by atoms with Crippen molar-refractivity contribution in [3.05, 3.63) is 29.8 Å². The monoisotopic (exact) mass is 247 g/mol. The number of rotatable bonds is 4. The van der Waals surface area contributed by atoms with Crippen molar-refractivity contribution in [2.24, 2.45) is 4.99 Å². The lowest BCUT2D eigenvalue weighted by Crippen LogP contribution is -2.03. The molecule has 0 aliphatic heterocycles. The van der Waals surface area contributed by atoms with Crippen LogP contribution in [0.5, 0.6) is 0 Å². The fourth-order valence-corrected chi connectivity index (χ4v) is 1.79. The highest BCUT2D eigenvalue weighted by Gasteiger charge is 2.06. The Morgan fingerprint density at radius 3 is 2.88 bits per heavy atom. The van der Waals surface area contributed by atoms with Gasteiger partial charge in [-0.2, -0.15) is 15.2 Å². The van der Waals surface area contributed by atoms with Crippen LogP contribution in [0.25, 0.3) is 0 Å². The molecule has 0 unspecified atom stereocenters. The summed E-state index contributed by atoms with van der Waals surface area (Å²) < 4.78 is 3.78. The quantitative estimate of drug-likeness (QED) is 0.614. The van der Waals surface area contributed by atoms with E-state index in [-0.39, 0.29) is 0 Å². The van der Waals surface area contributed by atoms with Crippen LogP contribution in [0.1, 0.15) is 18.2 Å². The summed E-state index contributed by atoms with van der Waals surface area (Å²) in [5.74, 6) is 0. The van der Waals surface area contributed by atoms with Crippen LogP contribution in [-0.4, -0.2) is 24.7 Å². The molecule has 0 bridgehead atoms. The Hall–Kier alpha value is -1.78. The first kappa shape index (κ1) is 11.7.